The molecule has 0 radical (unpaired) electrons. The summed E-state index contributed by atoms with van der Waals surface area (Å²) < 4.78 is 1.85. The van der Waals surface area contributed by atoms with E-state index >= 15 is 0 Å². The van der Waals surface area contributed by atoms with Crippen molar-refractivity contribution in [3.8, 4) is 0 Å². The fourth-order valence-electron chi connectivity index (χ4n) is 2.52. The van der Waals surface area contributed by atoms with Crippen molar-refractivity contribution in [1.82, 2.24) is 19.9 Å². The summed E-state index contributed by atoms with van der Waals surface area (Å²) in [5, 5.41) is 7.77. The Balaban J connectivity index is 2.11. The molecule has 0 amide bonds. The van der Waals surface area contributed by atoms with E-state index in [0.29, 0.717) is 0 Å². The summed E-state index contributed by atoms with van der Waals surface area (Å²) in [5.74, 6) is 0. The second kappa shape index (κ2) is 5.06. The van der Waals surface area contributed by atoms with Gasteiger partial charge in [-0.3, -0.25) is 4.98 Å². The summed E-state index contributed by atoms with van der Waals surface area (Å²) in [6, 6.07) is 6.69. The number of nitrogens with zero attached hydrogens (tertiary/aromatic N) is 3. The number of aryl methyl sites for hydroxylation is 2. The Morgan fingerprint density at radius 3 is 2.75 bits per heavy atom. The molecule has 4 heteroatoms. The van der Waals surface area contributed by atoms with Gasteiger partial charge in [-0.15, -0.1) is 0 Å². The zero-order valence-electron chi connectivity index (χ0n) is 12.0. The quantitative estimate of drug-likeness (QED) is 0.792. The molecular weight excluding hydrogens is 248 g/mol. The monoisotopic (exact) mass is 266 g/mol. The first-order valence-electron chi connectivity index (χ1n) is 6.72. The molecule has 0 aliphatic rings. The zero-order valence-corrected chi connectivity index (χ0v) is 12.0. The zero-order chi connectivity index (χ0) is 14.1. The molecule has 0 aliphatic heterocycles. The summed E-state index contributed by atoms with van der Waals surface area (Å²) in [6.45, 7) is 4.27. The molecule has 0 fully saturated rings. The second-order valence-electron chi connectivity index (χ2n) is 5.07. The van der Waals surface area contributed by atoms with Gasteiger partial charge in [0.1, 0.15) is 0 Å². The van der Waals surface area contributed by atoms with Crippen LogP contribution in [0.1, 0.15) is 28.3 Å². The summed E-state index contributed by atoms with van der Waals surface area (Å²) in [4.78, 5) is 4.20. The Morgan fingerprint density at radius 1 is 1.15 bits per heavy atom. The highest BCUT2D eigenvalue weighted by Gasteiger charge is 2.17. The van der Waals surface area contributed by atoms with Crippen molar-refractivity contribution in [2.45, 2.75) is 19.9 Å². The van der Waals surface area contributed by atoms with Gasteiger partial charge in [0, 0.05) is 18.0 Å². The molecule has 102 valence electrons. The summed E-state index contributed by atoms with van der Waals surface area (Å²) in [6.07, 6.45) is 7.38. The molecule has 1 unspecified atom stereocenters. The van der Waals surface area contributed by atoms with Crippen LogP contribution in [0.3, 0.4) is 0 Å². The SMILES string of the molecule is CNC(c1ccc(C)c(C)c1)c1cnn2ccncc12. The fourth-order valence-corrected chi connectivity index (χ4v) is 2.52. The van der Waals surface area contributed by atoms with Crippen LogP contribution in [0.2, 0.25) is 0 Å². The highest BCUT2D eigenvalue weighted by molar-refractivity contribution is 5.56. The average molecular weight is 266 g/mol. The van der Waals surface area contributed by atoms with Crippen LogP contribution in [0.25, 0.3) is 5.52 Å². The largest absolute Gasteiger partial charge is 0.309 e. The molecule has 0 bridgehead atoms. The number of aromatic nitrogens is 3. The van der Waals surface area contributed by atoms with Gasteiger partial charge in [-0.1, -0.05) is 18.2 Å². The molecule has 1 atom stereocenters. The third-order valence-electron chi connectivity index (χ3n) is 3.82. The Kier molecular flexibility index (Phi) is 3.24. The van der Waals surface area contributed by atoms with E-state index < -0.39 is 0 Å². The summed E-state index contributed by atoms with van der Waals surface area (Å²) in [5.41, 5.74) is 6.03. The number of nitrogens with one attached hydrogen (secondary N) is 1. The van der Waals surface area contributed by atoms with Gasteiger partial charge in [0.15, 0.2) is 0 Å². The van der Waals surface area contributed by atoms with Gasteiger partial charge in [-0.25, -0.2) is 4.52 Å². The van der Waals surface area contributed by atoms with Crippen LogP contribution in [0.5, 0.6) is 0 Å². The molecule has 4 nitrogen and oxygen atoms in total. The van der Waals surface area contributed by atoms with E-state index in [4.69, 9.17) is 0 Å². The van der Waals surface area contributed by atoms with Crippen molar-refractivity contribution in [2.24, 2.45) is 0 Å². The van der Waals surface area contributed by atoms with Crippen LogP contribution >= 0.6 is 0 Å². The van der Waals surface area contributed by atoms with Gasteiger partial charge in [0.2, 0.25) is 0 Å². The maximum absolute atomic E-state index is 4.39. The first-order valence-corrected chi connectivity index (χ1v) is 6.72. The van der Waals surface area contributed by atoms with Crippen LogP contribution in [-0.2, 0) is 0 Å². The molecule has 0 spiro atoms. The summed E-state index contributed by atoms with van der Waals surface area (Å²) >= 11 is 0. The Morgan fingerprint density at radius 2 is 2.00 bits per heavy atom. The van der Waals surface area contributed by atoms with Crippen LogP contribution in [0.15, 0.2) is 43.0 Å². The Hall–Kier alpha value is -2.20. The van der Waals surface area contributed by atoms with Crippen molar-refractivity contribution >= 4 is 5.52 Å². The molecule has 3 aromatic rings. The van der Waals surface area contributed by atoms with E-state index in [0.717, 1.165) is 11.1 Å². The van der Waals surface area contributed by atoms with E-state index in [9.17, 15) is 0 Å². The van der Waals surface area contributed by atoms with Crippen LogP contribution in [-0.4, -0.2) is 21.6 Å². The van der Waals surface area contributed by atoms with Crippen molar-refractivity contribution in [3.05, 3.63) is 65.2 Å². The van der Waals surface area contributed by atoms with Crippen molar-refractivity contribution in [2.75, 3.05) is 7.05 Å². The van der Waals surface area contributed by atoms with E-state index in [-0.39, 0.29) is 6.04 Å². The lowest BCUT2D eigenvalue weighted by atomic mass is 9.97. The predicted molar refractivity (Wildman–Crippen MR) is 79.8 cm³/mol. The van der Waals surface area contributed by atoms with Crippen LogP contribution in [0, 0.1) is 13.8 Å². The minimum Gasteiger partial charge on any atom is -0.309 e. The number of benzene rings is 1. The van der Waals surface area contributed by atoms with Gasteiger partial charge in [0.05, 0.1) is 24.0 Å². The van der Waals surface area contributed by atoms with Crippen molar-refractivity contribution < 1.29 is 0 Å². The first kappa shape index (κ1) is 12.8. The standard InChI is InChI=1S/C16H18N4/c1-11-4-5-13(8-12(11)2)16(17-3)14-9-19-20-7-6-18-10-15(14)20/h4-10,16-17H,1-3H3. The third kappa shape index (κ3) is 2.08. The first-order chi connectivity index (χ1) is 9.70. The summed E-state index contributed by atoms with van der Waals surface area (Å²) in [7, 11) is 1.97. The van der Waals surface area contributed by atoms with E-state index in [1.807, 2.05) is 30.2 Å². The lowest BCUT2D eigenvalue weighted by Crippen LogP contribution is -2.17. The topological polar surface area (TPSA) is 42.2 Å². The predicted octanol–water partition coefficient (Wildman–Crippen LogP) is 2.65. The van der Waals surface area contributed by atoms with E-state index in [1.54, 1.807) is 6.20 Å². The maximum atomic E-state index is 4.39. The molecule has 0 saturated heterocycles. The van der Waals surface area contributed by atoms with E-state index in [2.05, 4.69) is 47.4 Å². The average Bonchev–Trinajstić information content (AvgIpc) is 2.88. The smallest absolute Gasteiger partial charge is 0.0896 e. The lowest BCUT2D eigenvalue weighted by molar-refractivity contribution is 0.695. The van der Waals surface area contributed by atoms with Gasteiger partial charge < -0.3 is 5.32 Å². The van der Waals surface area contributed by atoms with Crippen LogP contribution < -0.4 is 5.32 Å². The Labute approximate surface area is 118 Å². The third-order valence-corrected chi connectivity index (χ3v) is 3.82. The van der Waals surface area contributed by atoms with Gasteiger partial charge in [-0.2, -0.15) is 5.10 Å². The second-order valence-corrected chi connectivity index (χ2v) is 5.07. The molecule has 1 aromatic carbocycles. The molecule has 2 heterocycles. The van der Waals surface area contributed by atoms with Gasteiger partial charge >= 0.3 is 0 Å². The molecule has 1 N–H and O–H groups in total. The maximum Gasteiger partial charge on any atom is 0.0896 e. The van der Waals surface area contributed by atoms with Crippen LogP contribution in [0.4, 0.5) is 0 Å². The minimum atomic E-state index is 0.121. The molecule has 20 heavy (non-hydrogen) atoms. The number of hydrogen-bond donors (Lipinski definition) is 1. The highest BCUT2D eigenvalue weighted by atomic mass is 15.2. The molecular formula is C16H18N4. The van der Waals surface area contributed by atoms with Crippen molar-refractivity contribution in [3.63, 3.8) is 0 Å². The van der Waals surface area contributed by atoms with Gasteiger partial charge in [0.25, 0.3) is 0 Å². The molecule has 0 saturated carbocycles. The molecule has 3 rings (SSSR count). The number of rotatable bonds is 3. The number of fused-ring (bicyclic) bond motifs is 1. The lowest BCUT2D eigenvalue weighted by Gasteiger charge is -2.17. The fraction of sp³-hybridized carbons (Fsp3) is 0.250. The minimum absolute atomic E-state index is 0.121. The van der Waals surface area contributed by atoms with Crippen molar-refractivity contribution in [1.29, 1.82) is 0 Å². The number of hydrogen-bond acceptors (Lipinski definition) is 3. The molecule has 2 aromatic heterocycles. The van der Waals surface area contributed by atoms with E-state index in [1.165, 1.54) is 16.7 Å². The van der Waals surface area contributed by atoms with Gasteiger partial charge in [-0.05, 0) is 37.6 Å². The Bertz CT molecular complexity index is 745. The normalized spacial score (nSPS) is 12.8. The molecule has 0 aliphatic carbocycles. The highest BCUT2D eigenvalue weighted by Crippen LogP contribution is 2.26.